The van der Waals surface area contributed by atoms with Crippen molar-refractivity contribution in [1.29, 1.82) is 0 Å². The van der Waals surface area contributed by atoms with Gasteiger partial charge in [-0.25, -0.2) is 5.21 Å². The molecule has 0 fully saturated rings. The van der Waals surface area contributed by atoms with Crippen molar-refractivity contribution in [3.8, 4) is 0 Å². The van der Waals surface area contributed by atoms with Gasteiger partial charge in [-0.05, 0) is 6.07 Å². The Labute approximate surface area is 80.6 Å². The van der Waals surface area contributed by atoms with Crippen LogP contribution in [0, 0.1) is 10.4 Å². The molecule has 2 atom stereocenters. The van der Waals surface area contributed by atoms with Gasteiger partial charge in [-0.15, -0.1) is 0 Å². The maximum Gasteiger partial charge on any atom is 0.178 e. The Balaban J connectivity index is 2.51. The van der Waals surface area contributed by atoms with Crippen LogP contribution in [0.1, 0.15) is 5.56 Å². The topological polar surface area (TPSA) is 75.2 Å². The van der Waals surface area contributed by atoms with E-state index in [1.54, 1.807) is 24.3 Å². The molecule has 2 unspecified atom stereocenters. The van der Waals surface area contributed by atoms with Crippen molar-refractivity contribution in [2.75, 3.05) is 6.54 Å². The van der Waals surface area contributed by atoms with Crippen LogP contribution >= 0.6 is 0 Å². The largest absolute Gasteiger partial charge is 0.629 e. The van der Waals surface area contributed by atoms with Gasteiger partial charge < -0.3 is 15.5 Å². The molecule has 74 valence electrons. The zero-order chi connectivity index (χ0) is 10.1. The Morgan fingerprint density at radius 3 is 2.79 bits per heavy atom. The third kappa shape index (κ3) is 1.43. The number of hydrogen-bond donors (Lipinski definition) is 3. The Bertz CT molecular complexity index is 376. The molecule has 0 amide bonds. The molecule has 0 bridgehead atoms. The molecule has 0 saturated carbocycles. The highest BCUT2D eigenvalue weighted by Crippen LogP contribution is 2.18. The molecule has 3 N–H and O–H groups in total. The third-order valence-electron chi connectivity index (χ3n) is 2.24. The minimum atomic E-state index is -0.982. The van der Waals surface area contributed by atoms with Gasteiger partial charge in [-0.3, -0.25) is 0 Å². The lowest BCUT2D eigenvalue weighted by Gasteiger charge is -2.28. The molecule has 5 heteroatoms. The van der Waals surface area contributed by atoms with Crippen LogP contribution in [0.15, 0.2) is 30.3 Å². The molecule has 0 spiro atoms. The molecule has 1 heterocycles. The third-order valence-corrected chi connectivity index (χ3v) is 2.24. The Kier molecular flexibility index (Phi) is 2.32. The molecule has 2 rings (SSSR count). The summed E-state index contributed by atoms with van der Waals surface area (Å²) in [6, 6.07) is 6.79. The van der Waals surface area contributed by atoms with Gasteiger partial charge in [0.15, 0.2) is 5.70 Å². The molecule has 14 heavy (non-hydrogen) atoms. The summed E-state index contributed by atoms with van der Waals surface area (Å²) in [5.74, 6) is 0. The number of benzene rings is 1. The number of hydroxylamine groups is 3. The zero-order valence-corrected chi connectivity index (χ0v) is 7.36. The van der Waals surface area contributed by atoms with E-state index in [4.69, 9.17) is 5.21 Å². The standard InChI is InChI=1S/C9H10N2O3/c12-10-6-5-9(11(13)14)7-3-1-2-4-8(7)10/h1-5,10-11,13H,6H2. The van der Waals surface area contributed by atoms with E-state index in [-0.39, 0.29) is 17.3 Å². The van der Waals surface area contributed by atoms with E-state index in [0.717, 1.165) is 0 Å². The average Bonchev–Trinajstić information content (AvgIpc) is 2.18. The van der Waals surface area contributed by atoms with E-state index < -0.39 is 5.23 Å². The fraction of sp³-hybridized carbons (Fsp3) is 0.111. The first kappa shape index (κ1) is 9.32. The summed E-state index contributed by atoms with van der Waals surface area (Å²) in [7, 11) is 0. The van der Waals surface area contributed by atoms with Gasteiger partial charge >= 0.3 is 0 Å². The molecule has 1 aromatic rings. The first-order valence-electron chi connectivity index (χ1n) is 4.26. The van der Waals surface area contributed by atoms with Gasteiger partial charge in [-0.2, -0.15) is 5.23 Å². The molecule has 1 aromatic carbocycles. The number of para-hydroxylation sites is 1. The van der Waals surface area contributed by atoms with Crippen LogP contribution in [0.25, 0.3) is 5.70 Å². The molecule has 1 aliphatic rings. The molecule has 1 aliphatic heterocycles. The normalized spacial score (nSPS) is 22.5. The second-order valence-electron chi connectivity index (χ2n) is 3.10. The predicted octanol–water partition coefficient (Wildman–Crippen LogP) is -1.17. The van der Waals surface area contributed by atoms with Crippen LogP contribution in [0.3, 0.4) is 0 Å². The zero-order valence-electron chi connectivity index (χ0n) is 7.36. The van der Waals surface area contributed by atoms with Crippen LogP contribution in [-0.2, 0) is 0 Å². The summed E-state index contributed by atoms with van der Waals surface area (Å²) in [4.78, 5) is 0. The highest BCUT2D eigenvalue weighted by molar-refractivity contribution is 5.68. The van der Waals surface area contributed by atoms with Crippen molar-refractivity contribution in [3.63, 3.8) is 0 Å². The van der Waals surface area contributed by atoms with Crippen molar-refractivity contribution < 1.29 is 15.5 Å². The molecular weight excluding hydrogens is 184 g/mol. The Morgan fingerprint density at radius 2 is 2.07 bits per heavy atom. The van der Waals surface area contributed by atoms with Gasteiger partial charge in [0.1, 0.15) is 12.2 Å². The summed E-state index contributed by atoms with van der Waals surface area (Å²) in [6.45, 7) is 0.179. The minimum absolute atomic E-state index is 0.0226. The Morgan fingerprint density at radius 1 is 1.36 bits per heavy atom. The summed E-state index contributed by atoms with van der Waals surface area (Å²) >= 11 is 0. The van der Waals surface area contributed by atoms with E-state index in [0.29, 0.717) is 11.3 Å². The van der Waals surface area contributed by atoms with E-state index >= 15 is 0 Å². The van der Waals surface area contributed by atoms with Crippen LogP contribution < -0.4 is 10.3 Å². The molecule has 0 radical (unpaired) electrons. The number of nitrogens with one attached hydrogen (secondary N) is 2. The smallest absolute Gasteiger partial charge is 0.178 e. The molecule has 0 aliphatic carbocycles. The van der Waals surface area contributed by atoms with Crippen LogP contribution in [0.5, 0.6) is 0 Å². The van der Waals surface area contributed by atoms with Gasteiger partial charge in [0.2, 0.25) is 0 Å². The summed E-state index contributed by atoms with van der Waals surface area (Å²) < 4.78 is 0. The van der Waals surface area contributed by atoms with E-state index in [1.165, 1.54) is 6.08 Å². The number of quaternary nitrogens is 2. The average molecular weight is 194 g/mol. The van der Waals surface area contributed by atoms with E-state index in [1.807, 2.05) is 0 Å². The van der Waals surface area contributed by atoms with E-state index in [2.05, 4.69) is 0 Å². The van der Waals surface area contributed by atoms with Gasteiger partial charge in [0.05, 0.1) is 5.56 Å². The molecule has 5 nitrogen and oxygen atoms in total. The second kappa shape index (κ2) is 3.49. The molecule has 0 saturated heterocycles. The number of rotatable bonds is 1. The summed E-state index contributed by atoms with van der Waals surface area (Å²) in [5.41, 5.74) is 1.25. The maximum absolute atomic E-state index is 11.4. The first-order chi connectivity index (χ1) is 6.70. The van der Waals surface area contributed by atoms with Gasteiger partial charge in [0.25, 0.3) is 0 Å². The van der Waals surface area contributed by atoms with Crippen LogP contribution in [-0.4, -0.2) is 11.8 Å². The van der Waals surface area contributed by atoms with Crippen molar-refractivity contribution in [3.05, 3.63) is 46.3 Å². The van der Waals surface area contributed by atoms with E-state index in [9.17, 15) is 10.4 Å². The number of hydrogen-bond acceptors (Lipinski definition) is 3. The fourth-order valence-electron chi connectivity index (χ4n) is 1.58. The van der Waals surface area contributed by atoms with Crippen molar-refractivity contribution >= 4 is 11.4 Å². The second-order valence-corrected chi connectivity index (χ2v) is 3.10. The monoisotopic (exact) mass is 194 g/mol. The Hall–Kier alpha value is -1.24. The molecular formula is C9H10N2O3. The lowest BCUT2D eigenvalue weighted by molar-refractivity contribution is -0.986. The predicted molar refractivity (Wildman–Crippen MR) is 49.4 cm³/mol. The van der Waals surface area contributed by atoms with Crippen molar-refractivity contribution in [2.24, 2.45) is 0 Å². The van der Waals surface area contributed by atoms with Crippen LogP contribution in [0.2, 0.25) is 0 Å². The fourth-order valence-corrected chi connectivity index (χ4v) is 1.58. The highest BCUT2D eigenvalue weighted by Gasteiger charge is 2.22. The van der Waals surface area contributed by atoms with Gasteiger partial charge in [0, 0.05) is 12.1 Å². The number of fused-ring (bicyclic) bond motifs is 1. The van der Waals surface area contributed by atoms with Crippen molar-refractivity contribution in [2.45, 2.75) is 0 Å². The maximum atomic E-state index is 11.4. The lowest BCUT2D eigenvalue weighted by atomic mass is 10.1. The summed E-state index contributed by atoms with van der Waals surface area (Å²) in [6.07, 6.45) is 1.47. The van der Waals surface area contributed by atoms with Crippen molar-refractivity contribution in [1.82, 2.24) is 0 Å². The highest BCUT2D eigenvalue weighted by atomic mass is 16.8. The van der Waals surface area contributed by atoms with Crippen LogP contribution in [0.4, 0.5) is 5.69 Å². The van der Waals surface area contributed by atoms with Gasteiger partial charge in [-0.1, -0.05) is 12.1 Å². The SMILES string of the molecule is [O-][NH+](O)C1=CC[NH+]([O-])c2ccccc21. The summed E-state index contributed by atoms with van der Waals surface area (Å²) in [5, 5.41) is 30.1. The minimum Gasteiger partial charge on any atom is -0.629 e. The molecule has 0 aromatic heterocycles. The first-order valence-corrected chi connectivity index (χ1v) is 4.26. The lowest BCUT2D eigenvalue weighted by Crippen LogP contribution is -3.06. The quantitative estimate of drug-likeness (QED) is 0.389.